The molecule has 1 N–H and O–H groups in total. The van der Waals surface area contributed by atoms with Gasteiger partial charge in [-0.1, -0.05) is 51.8 Å². The van der Waals surface area contributed by atoms with Gasteiger partial charge in [0.2, 0.25) is 0 Å². The molecule has 2 atom stereocenters. The van der Waals surface area contributed by atoms with E-state index < -0.39 is 0 Å². The molecule has 0 amide bonds. The van der Waals surface area contributed by atoms with Crippen LogP contribution in [0, 0.1) is 11.7 Å². The predicted molar refractivity (Wildman–Crippen MR) is 76.4 cm³/mol. The molecule has 1 nitrogen and oxygen atoms in total. The van der Waals surface area contributed by atoms with Crippen LogP contribution >= 0.6 is 0 Å². The SMILES string of the molecule is CCCNCC(c1ccccc1F)C(C)CCC. The monoisotopic (exact) mass is 251 g/mol. The van der Waals surface area contributed by atoms with Gasteiger partial charge in [0.15, 0.2) is 0 Å². The van der Waals surface area contributed by atoms with E-state index in [1.54, 1.807) is 12.1 Å². The molecule has 2 unspecified atom stereocenters. The minimum atomic E-state index is -0.0660. The standard InChI is InChI=1S/C16H26FN/c1-4-8-13(3)15(12-18-11-5-2)14-9-6-7-10-16(14)17/h6-7,9-10,13,15,18H,4-5,8,11-12H2,1-3H3. The van der Waals surface area contributed by atoms with Gasteiger partial charge >= 0.3 is 0 Å². The van der Waals surface area contributed by atoms with E-state index in [0.717, 1.165) is 37.9 Å². The molecule has 1 aromatic carbocycles. The second-order valence-corrected chi connectivity index (χ2v) is 5.10. The zero-order valence-corrected chi connectivity index (χ0v) is 11.9. The third-order valence-corrected chi connectivity index (χ3v) is 3.53. The lowest BCUT2D eigenvalue weighted by atomic mass is 9.84. The summed E-state index contributed by atoms with van der Waals surface area (Å²) >= 11 is 0. The number of hydrogen-bond donors (Lipinski definition) is 1. The lowest BCUT2D eigenvalue weighted by Gasteiger charge is -2.25. The largest absolute Gasteiger partial charge is 0.316 e. The maximum atomic E-state index is 13.9. The van der Waals surface area contributed by atoms with Crippen LogP contribution in [0.4, 0.5) is 4.39 Å². The molecule has 0 saturated carbocycles. The van der Waals surface area contributed by atoms with Gasteiger partial charge in [-0.3, -0.25) is 0 Å². The summed E-state index contributed by atoms with van der Waals surface area (Å²) in [6.45, 7) is 8.45. The van der Waals surface area contributed by atoms with Crippen LogP contribution in [0.2, 0.25) is 0 Å². The Morgan fingerprint density at radius 3 is 2.50 bits per heavy atom. The van der Waals surface area contributed by atoms with Crippen molar-refractivity contribution in [1.82, 2.24) is 5.32 Å². The Morgan fingerprint density at radius 1 is 1.17 bits per heavy atom. The first-order chi connectivity index (χ1) is 8.70. The fourth-order valence-electron chi connectivity index (χ4n) is 2.48. The van der Waals surface area contributed by atoms with Gasteiger partial charge in [-0.05, 0) is 30.5 Å². The van der Waals surface area contributed by atoms with E-state index >= 15 is 0 Å². The van der Waals surface area contributed by atoms with Crippen LogP contribution < -0.4 is 5.32 Å². The predicted octanol–water partition coefficient (Wildman–Crippen LogP) is 4.35. The van der Waals surface area contributed by atoms with E-state index in [4.69, 9.17) is 0 Å². The molecule has 0 radical (unpaired) electrons. The average Bonchev–Trinajstić information content (AvgIpc) is 2.36. The highest BCUT2D eigenvalue weighted by Gasteiger charge is 2.21. The van der Waals surface area contributed by atoms with E-state index in [1.165, 1.54) is 0 Å². The number of rotatable bonds is 8. The zero-order valence-electron chi connectivity index (χ0n) is 11.9. The van der Waals surface area contributed by atoms with Crippen molar-refractivity contribution in [3.63, 3.8) is 0 Å². The summed E-state index contributed by atoms with van der Waals surface area (Å²) in [6, 6.07) is 7.20. The fourth-order valence-corrected chi connectivity index (χ4v) is 2.48. The van der Waals surface area contributed by atoms with Crippen LogP contribution in [0.25, 0.3) is 0 Å². The lowest BCUT2D eigenvalue weighted by molar-refractivity contribution is 0.392. The van der Waals surface area contributed by atoms with Gasteiger partial charge in [-0.15, -0.1) is 0 Å². The van der Waals surface area contributed by atoms with Gasteiger partial charge in [0, 0.05) is 12.5 Å². The molecule has 1 aromatic rings. The summed E-state index contributed by atoms with van der Waals surface area (Å²) in [5.41, 5.74) is 0.863. The van der Waals surface area contributed by atoms with E-state index in [1.807, 2.05) is 12.1 Å². The van der Waals surface area contributed by atoms with Crippen LogP contribution in [0.5, 0.6) is 0 Å². The first kappa shape index (κ1) is 15.2. The minimum absolute atomic E-state index is 0.0660. The van der Waals surface area contributed by atoms with Crippen molar-refractivity contribution in [2.45, 2.75) is 46.0 Å². The molecule has 1 rings (SSSR count). The molecule has 0 saturated heterocycles. The molecule has 0 spiro atoms. The maximum Gasteiger partial charge on any atom is 0.126 e. The highest BCUT2D eigenvalue weighted by molar-refractivity contribution is 5.22. The van der Waals surface area contributed by atoms with Gasteiger partial charge in [-0.2, -0.15) is 0 Å². The summed E-state index contributed by atoms with van der Waals surface area (Å²) in [5, 5.41) is 3.43. The molecule has 102 valence electrons. The van der Waals surface area contributed by atoms with E-state index in [2.05, 4.69) is 26.1 Å². The average molecular weight is 251 g/mol. The Morgan fingerprint density at radius 2 is 1.89 bits per heavy atom. The van der Waals surface area contributed by atoms with Crippen LogP contribution in [0.15, 0.2) is 24.3 Å². The summed E-state index contributed by atoms with van der Waals surface area (Å²) in [6.07, 6.45) is 3.42. The minimum Gasteiger partial charge on any atom is -0.316 e. The quantitative estimate of drug-likeness (QED) is 0.677. The van der Waals surface area contributed by atoms with Crippen molar-refractivity contribution in [2.24, 2.45) is 5.92 Å². The van der Waals surface area contributed by atoms with E-state index in [9.17, 15) is 4.39 Å². The molecule has 0 aromatic heterocycles. The third kappa shape index (κ3) is 4.41. The van der Waals surface area contributed by atoms with E-state index in [-0.39, 0.29) is 11.7 Å². The Hall–Kier alpha value is -0.890. The number of benzene rings is 1. The molecule has 18 heavy (non-hydrogen) atoms. The van der Waals surface area contributed by atoms with Gasteiger partial charge in [-0.25, -0.2) is 4.39 Å². The van der Waals surface area contributed by atoms with Crippen molar-refractivity contribution in [3.8, 4) is 0 Å². The summed E-state index contributed by atoms with van der Waals surface area (Å²) in [4.78, 5) is 0. The maximum absolute atomic E-state index is 13.9. The Labute approximate surface area is 111 Å². The van der Waals surface area contributed by atoms with Crippen molar-refractivity contribution in [2.75, 3.05) is 13.1 Å². The second kappa shape index (κ2) is 8.25. The number of nitrogens with one attached hydrogen (secondary N) is 1. The molecule has 0 heterocycles. The topological polar surface area (TPSA) is 12.0 Å². The smallest absolute Gasteiger partial charge is 0.126 e. The molecule has 0 aliphatic heterocycles. The summed E-state index contributed by atoms with van der Waals surface area (Å²) in [5.74, 6) is 0.720. The molecular weight excluding hydrogens is 225 g/mol. The van der Waals surface area contributed by atoms with Crippen LogP contribution in [0.3, 0.4) is 0 Å². The fraction of sp³-hybridized carbons (Fsp3) is 0.625. The van der Waals surface area contributed by atoms with Crippen molar-refractivity contribution in [1.29, 1.82) is 0 Å². The van der Waals surface area contributed by atoms with Crippen LogP contribution in [-0.4, -0.2) is 13.1 Å². The Kier molecular flexibility index (Phi) is 6.96. The first-order valence-corrected chi connectivity index (χ1v) is 7.15. The molecule has 2 heteroatoms. The van der Waals surface area contributed by atoms with Crippen molar-refractivity contribution in [3.05, 3.63) is 35.6 Å². The van der Waals surface area contributed by atoms with Gasteiger partial charge in [0.25, 0.3) is 0 Å². The van der Waals surface area contributed by atoms with Crippen molar-refractivity contribution < 1.29 is 4.39 Å². The molecular formula is C16H26FN. The van der Waals surface area contributed by atoms with Crippen molar-refractivity contribution >= 4 is 0 Å². The molecule has 0 aliphatic rings. The molecule has 0 bridgehead atoms. The summed E-state index contributed by atoms with van der Waals surface area (Å²) in [7, 11) is 0. The Balaban J connectivity index is 2.79. The summed E-state index contributed by atoms with van der Waals surface area (Å²) < 4.78 is 13.9. The van der Waals surface area contributed by atoms with Crippen LogP contribution in [-0.2, 0) is 0 Å². The number of halogens is 1. The zero-order chi connectivity index (χ0) is 13.4. The van der Waals surface area contributed by atoms with Gasteiger partial charge in [0.1, 0.15) is 5.82 Å². The molecule has 0 fully saturated rings. The second-order valence-electron chi connectivity index (χ2n) is 5.10. The van der Waals surface area contributed by atoms with E-state index in [0.29, 0.717) is 5.92 Å². The highest BCUT2D eigenvalue weighted by Crippen LogP contribution is 2.29. The van der Waals surface area contributed by atoms with Gasteiger partial charge < -0.3 is 5.32 Å². The first-order valence-electron chi connectivity index (χ1n) is 7.15. The third-order valence-electron chi connectivity index (χ3n) is 3.53. The van der Waals surface area contributed by atoms with Crippen LogP contribution in [0.1, 0.15) is 51.5 Å². The Bertz CT molecular complexity index is 338. The lowest BCUT2D eigenvalue weighted by Crippen LogP contribution is -2.27. The molecule has 0 aliphatic carbocycles. The number of hydrogen-bond acceptors (Lipinski definition) is 1. The highest BCUT2D eigenvalue weighted by atomic mass is 19.1. The normalized spacial score (nSPS) is 14.4. The van der Waals surface area contributed by atoms with Gasteiger partial charge in [0.05, 0.1) is 0 Å².